The molecule has 0 radical (unpaired) electrons. The van der Waals surface area contributed by atoms with Crippen molar-refractivity contribution in [3.63, 3.8) is 0 Å². The largest absolute Gasteiger partial charge is 0.490 e. The maximum absolute atomic E-state index is 11.1. The van der Waals surface area contributed by atoms with E-state index in [1.54, 1.807) is 24.3 Å². The molecular formula is C16H19NO5. The Hall–Kier alpha value is -2.76. The van der Waals surface area contributed by atoms with Crippen molar-refractivity contribution in [2.24, 2.45) is 0 Å². The van der Waals surface area contributed by atoms with Crippen LogP contribution in [-0.4, -0.2) is 30.2 Å². The summed E-state index contributed by atoms with van der Waals surface area (Å²) in [5, 5.41) is 11.3. The first-order valence-electron chi connectivity index (χ1n) is 6.71. The normalized spacial score (nSPS) is 10.7. The SMILES string of the molecule is C=CCOc1ccc(C=C(NC(C)=O)C(=O)O)cc1OCC. The lowest BCUT2D eigenvalue weighted by atomic mass is 10.1. The Balaban J connectivity index is 3.13. The fourth-order valence-electron chi connectivity index (χ4n) is 1.66. The Morgan fingerprint density at radius 1 is 1.32 bits per heavy atom. The lowest BCUT2D eigenvalue weighted by molar-refractivity contribution is -0.134. The van der Waals surface area contributed by atoms with Crippen LogP contribution in [0.2, 0.25) is 0 Å². The standard InChI is InChI=1S/C16H19NO5/c1-4-8-22-14-7-6-12(10-15(14)21-5-2)9-13(16(19)20)17-11(3)18/h4,6-7,9-10H,1,5,8H2,2-3H3,(H,17,18)(H,19,20). The van der Waals surface area contributed by atoms with Crippen LogP contribution < -0.4 is 14.8 Å². The number of benzene rings is 1. The third-order valence-electron chi connectivity index (χ3n) is 2.48. The average molecular weight is 305 g/mol. The van der Waals surface area contributed by atoms with Gasteiger partial charge in [-0.3, -0.25) is 4.79 Å². The summed E-state index contributed by atoms with van der Waals surface area (Å²) in [6, 6.07) is 4.99. The van der Waals surface area contributed by atoms with Gasteiger partial charge in [0.25, 0.3) is 0 Å². The van der Waals surface area contributed by atoms with Crippen LogP contribution in [0.5, 0.6) is 11.5 Å². The van der Waals surface area contributed by atoms with Gasteiger partial charge in [0.2, 0.25) is 5.91 Å². The van der Waals surface area contributed by atoms with Gasteiger partial charge in [0.1, 0.15) is 12.3 Å². The van der Waals surface area contributed by atoms with Crippen LogP contribution >= 0.6 is 0 Å². The van der Waals surface area contributed by atoms with Gasteiger partial charge in [-0.25, -0.2) is 4.79 Å². The van der Waals surface area contributed by atoms with Crippen LogP contribution in [0.25, 0.3) is 6.08 Å². The molecule has 0 atom stereocenters. The van der Waals surface area contributed by atoms with E-state index in [0.717, 1.165) is 0 Å². The van der Waals surface area contributed by atoms with E-state index in [-0.39, 0.29) is 5.70 Å². The van der Waals surface area contributed by atoms with E-state index in [2.05, 4.69) is 11.9 Å². The topological polar surface area (TPSA) is 84.9 Å². The summed E-state index contributed by atoms with van der Waals surface area (Å²) in [5.74, 6) is -0.647. The molecule has 6 heteroatoms. The van der Waals surface area contributed by atoms with Gasteiger partial charge in [0.05, 0.1) is 6.61 Å². The van der Waals surface area contributed by atoms with E-state index in [9.17, 15) is 9.59 Å². The quantitative estimate of drug-likeness (QED) is 0.568. The van der Waals surface area contributed by atoms with Crippen molar-refractivity contribution in [2.75, 3.05) is 13.2 Å². The van der Waals surface area contributed by atoms with E-state index in [1.807, 2.05) is 6.92 Å². The zero-order chi connectivity index (χ0) is 16.5. The summed E-state index contributed by atoms with van der Waals surface area (Å²) in [5.41, 5.74) is 0.357. The van der Waals surface area contributed by atoms with Gasteiger partial charge in [-0.2, -0.15) is 0 Å². The molecule has 0 saturated carbocycles. The smallest absolute Gasteiger partial charge is 0.352 e. The highest BCUT2D eigenvalue weighted by atomic mass is 16.5. The summed E-state index contributed by atoms with van der Waals surface area (Å²) < 4.78 is 10.9. The Labute approximate surface area is 129 Å². The number of carbonyl (C=O) groups is 2. The number of carboxylic acid groups (broad SMARTS) is 1. The highest BCUT2D eigenvalue weighted by Crippen LogP contribution is 2.29. The fourth-order valence-corrected chi connectivity index (χ4v) is 1.66. The van der Waals surface area contributed by atoms with Crippen molar-refractivity contribution < 1.29 is 24.2 Å². The third kappa shape index (κ3) is 5.32. The van der Waals surface area contributed by atoms with Crippen molar-refractivity contribution >= 4 is 18.0 Å². The van der Waals surface area contributed by atoms with Crippen LogP contribution in [0, 0.1) is 0 Å². The first-order chi connectivity index (χ1) is 10.5. The molecule has 1 aromatic carbocycles. The van der Waals surface area contributed by atoms with E-state index >= 15 is 0 Å². The molecular weight excluding hydrogens is 286 g/mol. The van der Waals surface area contributed by atoms with Crippen molar-refractivity contribution in [1.29, 1.82) is 0 Å². The Kier molecular flexibility index (Phi) is 6.69. The lowest BCUT2D eigenvalue weighted by Crippen LogP contribution is -2.24. The van der Waals surface area contributed by atoms with Gasteiger partial charge in [0.15, 0.2) is 11.5 Å². The molecule has 0 aliphatic rings. The molecule has 1 amide bonds. The lowest BCUT2D eigenvalue weighted by Gasteiger charge is -2.12. The maximum atomic E-state index is 11.1. The molecule has 0 aliphatic heterocycles. The number of nitrogens with one attached hydrogen (secondary N) is 1. The number of carboxylic acids is 1. The van der Waals surface area contributed by atoms with Crippen molar-refractivity contribution in [3.8, 4) is 11.5 Å². The fraction of sp³-hybridized carbons (Fsp3) is 0.250. The number of rotatable bonds is 8. The second-order valence-electron chi connectivity index (χ2n) is 4.28. The molecule has 0 unspecified atom stereocenters. The van der Waals surface area contributed by atoms with Gasteiger partial charge in [0, 0.05) is 6.92 Å². The minimum absolute atomic E-state index is 0.213. The van der Waals surface area contributed by atoms with E-state index in [4.69, 9.17) is 14.6 Å². The molecule has 1 rings (SSSR count). The van der Waals surface area contributed by atoms with Crippen molar-refractivity contribution in [1.82, 2.24) is 5.32 Å². The van der Waals surface area contributed by atoms with Gasteiger partial charge in [-0.1, -0.05) is 18.7 Å². The first-order valence-corrected chi connectivity index (χ1v) is 6.71. The molecule has 0 saturated heterocycles. The Bertz CT molecular complexity index is 592. The molecule has 0 bridgehead atoms. The number of hydrogen-bond donors (Lipinski definition) is 2. The van der Waals surface area contributed by atoms with Gasteiger partial charge >= 0.3 is 5.97 Å². The minimum Gasteiger partial charge on any atom is -0.490 e. The minimum atomic E-state index is -1.22. The molecule has 0 spiro atoms. The molecule has 0 aliphatic carbocycles. The summed E-state index contributed by atoms with van der Waals surface area (Å²) in [7, 11) is 0. The monoisotopic (exact) mass is 305 g/mol. The summed E-state index contributed by atoms with van der Waals surface area (Å²) >= 11 is 0. The van der Waals surface area contributed by atoms with Gasteiger partial charge in [-0.05, 0) is 30.7 Å². The number of ether oxygens (including phenoxy) is 2. The first kappa shape index (κ1) is 17.3. The van der Waals surface area contributed by atoms with Crippen LogP contribution in [0.4, 0.5) is 0 Å². The van der Waals surface area contributed by atoms with Gasteiger partial charge < -0.3 is 19.9 Å². The zero-order valence-electron chi connectivity index (χ0n) is 12.6. The molecule has 118 valence electrons. The predicted octanol–water partition coefficient (Wildman–Crippen LogP) is 2.21. The number of hydrogen-bond acceptors (Lipinski definition) is 4. The highest BCUT2D eigenvalue weighted by molar-refractivity contribution is 5.96. The molecule has 6 nitrogen and oxygen atoms in total. The van der Waals surface area contributed by atoms with Crippen LogP contribution in [-0.2, 0) is 9.59 Å². The number of carbonyl (C=O) groups excluding carboxylic acids is 1. The van der Waals surface area contributed by atoms with Crippen LogP contribution in [0.3, 0.4) is 0 Å². The summed E-state index contributed by atoms with van der Waals surface area (Å²) in [6.07, 6.45) is 2.96. The second kappa shape index (κ2) is 8.51. The second-order valence-corrected chi connectivity index (χ2v) is 4.28. The van der Waals surface area contributed by atoms with Crippen LogP contribution in [0.15, 0.2) is 36.6 Å². The van der Waals surface area contributed by atoms with Crippen molar-refractivity contribution in [3.05, 3.63) is 42.1 Å². The zero-order valence-corrected chi connectivity index (χ0v) is 12.6. The number of amides is 1. The Morgan fingerprint density at radius 2 is 2.05 bits per heavy atom. The number of aliphatic carboxylic acids is 1. The van der Waals surface area contributed by atoms with E-state index in [0.29, 0.717) is 30.3 Å². The van der Waals surface area contributed by atoms with Crippen LogP contribution in [0.1, 0.15) is 19.4 Å². The predicted molar refractivity (Wildman–Crippen MR) is 82.7 cm³/mol. The molecule has 1 aromatic rings. The molecule has 0 fully saturated rings. The maximum Gasteiger partial charge on any atom is 0.352 e. The molecule has 0 aromatic heterocycles. The van der Waals surface area contributed by atoms with Gasteiger partial charge in [-0.15, -0.1) is 0 Å². The van der Waals surface area contributed by atoms with E-state index in [1.165, 1.54) is 13.0 Å². The highest BCUT2D eigenvalue weighted by Gasteiger charge is 2.11. The average Bonchev–Trinajstić information content (AvgIpc) is 2.45. The molecule has 22 heavy (non-hydrogen) atoms. The third-order valence-corrected chi connectivity index (χ3v) is 2.48. The molecule has 0 heterocycles. The Morgan fingerprint density at radius 3 is 2.59 bits per heavy atom. The summed E-state index contributed by atoms with van der Waals surface area (Å²) in [4.78, 5) is 22.1. The van der Waals surface area contributed by atoms with Crippen molar-refractivity contribution in [2.45, 2.75) is 13.8 Å². The molecule has 2 N–H and O–H groups in total. The summed E-state index contributed by atoms with van der Waals surface area (Å²) in [6.45, 7) is 7.43. The van der Waals surface area contributed by atoms with E-state index < -0.39 is 11.9 Å².